The first-order valence-corrected chi connectivity index (χ1v) is 4.05. The highest BCUT2D eigenvalue weighted by Crippen LogP contribution is 2.38. The van der Waals surface area contributed by atoms with E-state index < -0.39 is 23.8 Å². The van der Waals surface area contributed by atoms with Gasteiger partial charge in [-0.2, -0.15) is 0 Å². The summed E-state index contributed by atoms with van der Waals surface area (Å²) in [6.07, 6.45) is 0. The van der Waals surface area contributed by atoms with Crippen molar-refractivity contribution >= 4 is 5.91 Å². The lowest BCUT2D eigenvalue weighted by molar-refractivity contribution is -0.131. The molecule has 1 aliphatic rings. The summed E-state index contributed by atoms with van der Waals surface area (Å²) in [4.78, 5) is 11.1. The second-order valence-electron chi connectivity index (χ2n) is 3.63. The summed E-state index contributed by atoms with van der Waals surface area (Å²) >= 11 is 0. The van der Waals surface area contributed by atoms with Gasteiger partial charge in [0.1, 0.15) is 5.92 Å². The van der Waals surface area contributed by atoms with E-state index in [9.17, 15) is 13.6 Å². The van der Waals surface area contributed by atoms with Crippen LogP contribution in [0.25, 0.3) is 0 Å². The van der Waals surface area contributed by atoms with Gasteiger partial charge in [0.2, 0.25) is 5.91 Å². The molecule has 1 rings (SSSR count). The number of hydrogen-bond donors (Lipinski definition) is 1. The van der Waals surface area contributed by atoms with E-state index in [-0.39, 0.29) is 5.92 Å². The molecule has 0 aromatic rings. The molecule has 12 heavy (non-hydrogen) atoms. The maximum absolute atomic E-state index is 13.2. The van der Waals surface area contributed by atoms with Crippen LogP contribution in [0.5, 0.6) is 0 Å². The second kappa shape index (κ2) is 2.68. The van der Waals surface area contributed by atoms with Gasteiger partial charge >= 0.3 is 0 Å². The zero-order chi connectivity index (χ0) is 9.52. The topological polar surface area (TPSA) is 29.1 Å². The Labute approximate surface area is 70.3 Å². The largest absolute Gasteiger partial charge is 0.347 e. The van der Waals surface area contributed by atoms with E-state index in [1.54, 1.807) is 13.8 Å². The summed E-state index contributed by atoms with van der Waals surface area (Å²) in [5.41, 5.74) is 0. The van der Waals surface area contributed by atoms with Crippen LogP contribution in [-0.4, -0.2) is 17.9 Å². The molecule has 1 fully saturated rings. The van der Waals surface area contributed by atoms with Crippen LogP contribution in [-0.2, 0) is 4.79 Å². The van der Waals surface area contributed by atoms with Crippen LogP contribution in [0.15, 0.2) is 0 Å². The fraction of sp³-hybridized carbons (Fsp3) is 0.875. The molecule has 2 nitrogen and oxygen atoms in total. The van der Waals surface area contributed by atoms with E-state index in [1.165, 1.54) is 6.92 Å². The smallest absolute Gasteiger partial charge is 0.279 e. The van der Waals surface area contributed by atoms with Gasteiger partial charge in [-0.3, -0.25) is 4.79 Å². The molecule has 2 unspecified atom stereocenters. The van der Waals surface area contributed by atoms with Crippen molar-refractivity contribution in [3.63, 3.8) is 0 Å². The summed E-state index contributed by atoms with van der Waals surface area (Å²) in [5.74, 6) is -4.90. The van der Waals surface area contributed by atoms with Gasteiger partial charge in [0.05, 0.1) is 6.04 Å². The monoisotopic (exact) mass is 177 g/mol. The summed E-state index contributed by atoms with van der Waals surface area (Å²) < 4.78 is 26.4. The molecule has 0 bridgehead atoms. The molecule has 0 radical (unpaired) electrons. The number of carbonyl (C=O) groups is 1. The molecule has 0 aromatic carbocycles. The predicted octanol–water partition coefficient (Wildman–Crippen LogP) is 1.41. The van der Waals surface area contributed by atoms with Crippen LogP contribution in [0.4, 0.5) is 8.78 Å². The van der Waals surface area contributed by atoms with Gasteiger partial charge in [0.15, 0.2) is 0 Å². The summed E-state index contributed by atoms with van der Waals surface area (Å²) in [5, 5.41) is 2.25. The van der Waals surface area contributed by atoms with Gasteiger partial charge in [0.25, 0.3) is 5.92 Å². The molecule has 1 aliphatic heterocycles. The molecular weight excluding hydrogens is 164 g/mol. The Balaban J connectivity index is 2.91. The second-order valence-corrected chi connectivity index (χ2v) is 3.63. The van der Waals surface area contributed by atoms with Crippen molar-refractivity contribution in [1.29, 1.82) is 0 Å². The predicted molar refractivity (Wildman–Crippen MR) is 40.9 cm³/mol. The lowest BCUT2D eigenvalue weighted by Crippen LogP contribution is -2.37. The number of hydrogen-bond acceptors (Lipinski definition) is 1. The molecule has 0 aliphatic carbocycles. The minimum Gasteiger partial charge on any atom is -0.347 e. The first kappa shape index (κ1) is 9.42. The van der Waals surface area contributed by atoms with Gasteiger partial charge < -0.3 is 5.32 Å². The molecule has 70 valence electrons. The highest BCUT2D eigenvalue weighted by molar-refractivity contribution is 5.83. The molecule has 4 heteroatoms. The van der Waals surface area contributed by atoms with Gasteiger partial charge in [0, 0.05) is 0 Å². The normalized spacial score (nSPS) is 34.0. The number of nitrogens with one attached hydrogen (secondary N) is 1. The third-order valence-electron chi connectivity index (χ3n) is 2.30. The molecule has 2 atom stereocenters. The van der Waals surface area contributed by atoms with Crippen molar-refractivity contribution in [2.45, 2.75) is 32.7 Å². The van der Waals surface area contributed by atoms with E-state index in [0.29, 0.717) is 0 Å². The Morgan fingerprint density at radius 3 is 2.17 bits per heavy atom. The number of carbonyl (C=O) groups excluding carboxylic acids is 1. The molecule has 1 N–H and O–H groups in total. The van der Waals surface area contributed by atoms with Crippen molar-refractivity contribution in [2.24, 2.45) is 11.8 Å². The van der Waals surface area contributed by atoms with Crippen molar-refractivity contribution in [3.8, 4) is 0 Å². The number of halogens is 2. The highest BCUT2D eigenvalue weighted by Gasteiger charge is 2.56. The molecule has 0 saturated carbocycles. The van der Waals surface area contributed by atoms with Gasteiger partial charge in [-0.25, -0.2) is 8.78 Å². The average molecular weight is 177 g/mol. The maximum Gasteiger partial charge on any atom is 0.279 e. The third-order valence-corrected chi connectivity index (χ3v) is 2.30. The van der Waals surface area contributed by atoms with Crippen LogP contribution < -0.4 is 5.32 Å². The van der Waals surface area contributed by atoms with E-state index in [0.717, 1.165) is 0 Å². The Morgan fingerprint density at radius 1 is 1.50 bits per heavy atom. The number of amides is 1. The minimum atomic E-state index is -2.90. The zero-order valence-corrected chi connectivity index (χ0v) is 7.40. The number of alkyl halides is 2. The van der Waals surface area contributed by atoms with E-state index in [1.807, 2.05) is 0 Å². The van der Waals surface area contributed by atoms with Gasteiger partial charge in [-0.15, -0.1) is 0 Å². The minimum absolute atomic E-state index is 0.315. The van der Waals surface area contributed by atoms with Crippen LogP contribution in [0.3, 0.4) is 0 Å². The average Bonchev–Trinajstić information content (AvgIpc) is 2.02. The Morgan fingerprint density at radius 2 is 2.00 bits per heavy atom. The number of rotatable bonds is 1. The molecule has 0 aromatic heterocycles. The quantitative estimate of drug-likeness (QED) is 0.644. The Kier molecular flexibility index (Phi) is 2.10. The SMILES string of the molecule is CC(C)C1C(=O)NC(C)C1(F)F. The Hall–Kier alpha value is -0.670. The van der Waals surface area contributed by atoms with Crippen molar-refractivity contribution in [2.75, 3.05) is 0 Å². The van der Waals surface area contributed by atoms with Crippen molar-refractivity contribution in [3.05, 3.63) is 0 Å². The fourth-order valence-corrected chi connectivity index (χ4v) is 1.59. The lowest BCUT2D eigenvalue weighted by atomic mass is 9.89. The first-order chi connectivity index (χ1) is 5.37. The maximum atomic E-state index is 13.2. The van der Waals surface area contributed by atoms with Crippen LogP contribution in [0.1, 0.15) is 20.8 Å². The summed E-state index contributed by atoms with van der Waals surface area (Å²) in [7, 11) is 0. The highest BCUT2D eigenvalue weighted by atomic mass is 19.3. The van der Waals surface area contributed by atoms with E-state index >= 15 is 0 Å². The molecule has 1 amide bonds. The standard InChI is InChI=1S/C8H13F2NO/c1-4(2)6-7(12)11-5(3)8(6,9)10/h4-6H,1-3H3,(H,11,12). The van der Waals surface area contributed by atoms with Crippen LogP contribution in [0.2, 0.25) is 0 Å². The molecule has 0 spiro atoms. The van der Waals surface area contributed by atoms with Gasteiger partial charge in [-0.05, 0) is 12.8 Å². The third kappa shape index (κ3) is 1.19. The first-order valence-electron chi connectivity index (χ1n) is 4.05. The molecule has 1 saturated heterocycles. The molecular formula is C8H13F2NO. The van der Waals surface area contributed by atoms with Gasteiger partial charge in [-0.1, -0.05) is 13.8 Å². The van der Waals surface area contributed by atoms with Crippen molar-refractivity contribution in [1.82, 2.24) is 5.32 Å². The zero-order valence-electron chi connectivity index (χ0n) is 7.40. The fourth-order valence-electron chi connectivity index (χ4n) is 1.59. The van der Waals surface area contributed by atoms with Crippen LogP contribution >= 0.6 is 0 Å². The summed E-state index contributed by atoms with van der Waals surface area (Å²) in [6.45, 7) is 4.60. The van der Waals surface area contributed by atoms with Crippen molar-refractivity contribution < 1.29 is 13.6 Å². The van der Waals surface area contributed by atoms with E-state index in [4.69, 9.17) is 0 Å². The van der Waals surface area contributed by atoms with E-state index in [2.05, 4.69) is 5.32 Å². The summed E-state index contributed by atoms with van der Waals surface area (Å²) in [6, 6.07) is -1.03. The Bertz CT molecular complexity index is 203. The molecule has 1 heterocycles. The lowest BCUT2D eigenvalue weighted by Gasteiger charge is -2.21. The van der Waals surface area contributed by atoms with Crippen LogP contribution in [0, 0.1) is 11.8 Å².